The molecule has 1 aliphatic carbocycles. The highest BCUT2D eigenvalue weighted by Gasteiger charge is 2.32. The number of rotatable bonds is 6. The third-order valence-electron chi connectivity index (χ3n) is 6.19. The van der Waals surface area contributed by atoms with E-state index in [1.165, 1.54) is 0 Å². The predicted molar refractivity (Wildman–Crippen MR) is 120 cm³/mol. The molecule has 1 radical (unpaired) electrons. The lowest BCUT2D eigenvalue weighted by Gasteiger charge is -2.40. The number of hydrogen-bond donors (Lipinski definition) is 1. The Bertz CT molecular complexity index is 881. The zero-order valence-corrected chi connectivity index (χ0v) is 18.9. The Kier molecular flexibility index (Phi) is 5.71. The number of pyridine rings is 1. The summed E-state index contributed by atoms with van der Waals surface area (Å²) in [5, 5.41) is 4.07. The molecule has 7 heteroatoms. The Morgan fingerprint density at radius 1 is 1.28 bits per heavy atom. The molecule has 0 bridgehead atoms. The minimum atomic E-state index is -1.10. The highest BCUT2D eigenvalue weighted by atomic mass is 28.3. The van der Waals surface area contributed by atoms with Gasteiger partial charge in [0.25, 0.3) is 5.91 Å². The number of ether oxygens (including phenoxy) is 1. The number of carbonyl (C=O) groups excluding carboxylic acids is 1. The van der Waals surface area contributed by atoms with Crippen LogP contribution in [0.4, 0.5) is 5.69 Å². The molecule has 3 heterocycles. The van der Waals surface area contributed by atoms with E-state index in [9.17, 15) is 4.79 Å². The SMILES string of the molecule is [CH2][C@H]1CC[C@H](N2CNC(=O)c3cnc4c(ccn4COCC[Si](C)(C)C)c32)CC1. The molecule has 1 N–H and O–H groups in total. The van der Waals surface area contributed by atoms with Crippen molar-refractivity contribution in [2.24, 2.45) is 5.92 Å². The first-order valence-corrected chi connectivity index (χ1v) is 14.5. The van der Waals surface area contributed by atoms with Crippen molar-refractivity contribution in [3.05, 3.63) is 30.9 Å². The van der Waals surface area contributed by atoms with Gasteiger partial charge in [0.2, 0.25) is 0 Å². The van der Waals surface area contributed by atoms with Crippen LogP contribution in [0.5, 0.6) is 0 Å². The third kappa shape index (κ3) is 4.35. The van der Waals surface area contributed by atoms with Crippen molar-refractivity contribution >= 4 is 30.7 Å². The van der Waals surface area contributed by atoms with Crippen LogP contribution in [0.25, 0.3) is 11.0 Å². The molecular weight excluding hydrogens is 380 g/mol. The van der Waals surface area contributed by atoms with Gasteiger partial charge in [-0.1, -0.05) is 26.6 Å². The van der Waals surface area contributed by atoms with Gasteiger partial charge >= 0.3 is 0 Å². The standard InChI is InChI=1S/C22H33N4O2Si/c1-16-5-7-17(8-6-16)26-14-24-22(27)19-13-23-21-18(20(19)26)9-10-25(21)15-28-11-12-29(2,3)4/h9-10,13,16-17H,1,5-8,11-12,14-15H2,2-4H3,(H,24,27)/t16-,17-. The van der Waals surface area contributed by atoms with E-state index in [-0.39, 0.29) is 5.91 Å². The number of amides is 1. The summed E-state index contributed by atoms with van der Waals surface area (Å²) in [7, 11) is -1.10. The van der Waals surface area contributed by atoms with Gasteiger partial charge in [-0.25, -0.2) is 4.98 Å². The molecule has 1 aliphatic heterocycles. The lowest BCUT2D eigenvalue weighted by Crippen LogP contribution is -2.49. The highest BCUT2D eigenvalue weighted by molar-refractivity contribution is 6.76. The zero-order chi connectivity index (χ0) is 20.6. The van der Waals surface area contributed by atoms with E-state index < -0.39 is 8.07 Å². The molecule has 0 atom stereocenters. The van der Waals surface area contributed by atoms with E-state index in [2.05, 4.69) is 52.4 Å². The maximum atomic E-state index is 12.5. The van der Waals surface area contributed by atoms with Gasteiger partial charge in [-0.3, -0.25) is 4.79 Å². The molecule has 0 unspecified atom stereocenters. The molecule has 2 aliphatic rings. The number of anilines is 1. The molecule has 0 spiro atoms. The summed E-state index contributed by atoms with van der Waals surface area (Å²) >= 11 is 0. The Morgan fingerprint density at radius 2 is 2.03 bits per heavy atom. The first kappa shape index (κ1) is 20.4. The van der Waals surface area contributed by atoms with Crippen molar-refractivity contribution in [1.29, 1.82) is 0 Å². The van der Waals surface area contributed by atoms with Crippen LogP contribution in [-0.2, 0) is 11.5 Å². The minimum Gasteiger partial charge on any atom is -0.361 e. The van der Waals surface area contributed by atoms with Gasteiger partial charge in [-0.15, -0.1) is 0 Å². The number of carbonyl (C=O) groups is 1. The fourth-order valence-electron chi connectivity index (χ4n) is 4.35. The van der Waals surface area contributed by atoms with E-state index >= 15 is 0 Å². The van der Waals surface area contributed by atoms with Crippen molar-refractivity contribution in [1.82, 2.24) is 14.9 Å². The van der Waals surface area contributed by atoms with Crippen LogP contribution >= 0.6 is 0 Å². The first-order valence-electron chi connectivity index (χ1n) is 10.8. The van der Waals surface area contributed by atoms with Gasteiger partial charge in [-0.05, 0) is 43.7 Å². The number of nitrogens with one attached hydrogen (secondary N) is 1. The van der Waals surface area contributed by atoms with Crippen LogP contribution in [0.15, 0.2) is 18.5 Å². The predicted octanol–water partition coefficient (Wildman–Crippen LogP) is 4.25. The zero-order valence-electron chi connectivity index (χ0n) is 17.9. The Labute approximate surface area is 174 Å². The van der Waals surface area contributed by atoms with Crippen LogP contribution in [0.3, 0.4) is 0 Å². The molecule has 29 heavy (non-hydrogen) atoms. The molecule has 4 rings (SSSR count). The normalized spacial score (nSPS) is 22.6. The molecule has 157 valence electrons. The summed E-state index contributed by atoms with van der Waals surface area (Å²) in [6.07, 6.45) is 8.28. The van der Waals surface area contributed by atoms with Crippen LogP contribution < -0.4 is 10.2 Å². The molecule has 2 aromatic rings. The summed E-state index contributed by atoms with van der Waals surface area (Å²) in [6, 6.07) is 3.67. The summed E-state index contributed by atoms with van der Waals surface area (Å²) in [5.74, 6) is 0.521. The summed E-state index contributed by atoms with van der Waals surface area (Å²) in [5.41, 5.74) is 2.60. The van der Waals surface area contributed by atoms with Crippen molar-refractivity contribution in [2.45, 2.75) is 64.1 Å². The van der Waals surface area contributed by atoms with Crippen LogP contribution in [0.1, 0.15) is 36.0 Å². The fraction of sp³-hybridized carbons (Fsp3) is 0.591. The maximum absolute atomic E-state index is 12.5. The topological polar surface area (TPSA) is 59.4 Å². The van der Waals surface area contributed by atoms with E-state index in [4.69, 9.17) is 4.74 Å². The summed E-state index contributed by atoms with van der Waals surface area (Å²) < 4.78 is 7.99. The number of fused-ring (bicyclic) bond motifs is 3. The Hall–Kier alpha value is -1.86. The van der Waals surface area contributed by atoms with E-state index in [0.29, 0.717) is 30.9 Å². The molecular formula is C22H33N4O2Si. The van der Waals surface area contributed by atoms with E-state index in [1.54, 1.807) is 6.20 Å². The van der Waals surface area contributed by atoms with Gasteiger partial charge in [-0.2, -0.15) is 0 Å². The smallest absolute Gasteiger partial charge is 0.256 e. The molecule has 6 nitrogen and oxygen atoms in total. The second-order valence-corrected chi connectivity index (χ2v) is 15.3. The quantitative estimate of drug-likeness (QED) is 0.568. The van der Waals surface area contributed by atoms with E-state index in [1.807, 2.05) is 6.20 Å². The van der Waals surface area contributed by atoms with Crippen molar-refractivity contribution < 1.29 is 9.53 Å². The molecule has 0 saturated heterocycles. The van der Waals surface area contributed by atoms with Gasteiger partial charge < -0.3 is 19.5 Å². The molecule has 2 aromatic heterocycles. The number of aromatic nitrogens is 2. The molecule has 1 fully saturated rings. The lowest BCUT2D eigenvalue weighted by molar-refractivity contribution is 0.0899. The third-order valence-corrected chi connectivity index (χ3v) is 7.89. The number of nitrogens with zero attached hydrogens (tertiary/aromatic N) is 3. The van der Waals surface area contributed by atoms with Crippen molar-refractivity contribution in [2.75, 3.05) is 18.2 Å². The van der Waals surface area contributed by atoms with E-state index in [0.717, 1.165) is 55.1 Å². The van der Waals surface area contributed by atoms with Crippen LogP contribution in [0.2, 0.25) is 25.7 Å². The van der Waals surface area contributed by atoms with Gasteiger partial charge in [0.1, 0.15) is 12.4 Å². The average molecular weight is 414 g/mol. The Balaban J connectivity index is 1.59. The first-order chi connectivity index (χ1) is 13.8. The van der Waals surface area contributed by atoms with Gasteiger partial charge in [0.05, 0.1) is 17.9 Å². The van der Waals surface area contributed by atoms with Crippen LogP contribution in [0, 0.1) is 12.8 Å². The maximum Gasteiger partial charge on any atom is 0.256 e. The Morgan fingerprint density at radius 3 is 2.76 bits per heavy atom. The number of hydrogen-bond acceptors (Lipinski definition) is 4. The summed E-state index contributed by atoms with van der Waals surface area (Å²) in [6.45, 7) is 13.1. The van der Waals surface area contributed by atoms with Gasteiger partial charge in [0.15, 0.2) is 0 Å². The summed E-state index contributed by atoms with van der Waals surface area (Å²) in [4.78, 5) is 19.5. The molecule has 1 amide bonds. The second kappa shape index (κ2) is 8.11. The van der Waals surface area contributed by atoms with Crippen LogP contribution in [-0.4, -0.2) is 42.8 Å². The van der Waals surface area contributed by atoms with Crippen molar-refractivity contribution in [3.8, 4) is 0 Å². The highest BCUT2D eigenvalue weighted by Crippen LogP contribution is 2.37. The second-order valence-electron chi connectivity index (χ2n) is 9.70. The largest absolute Gasteiger partial charge is 0.361 e. The minimum absolute atomic E-state index is 0.0318. The average Bonchev–Trinajstić information content (AvgIpc) is 3.09. The fourth-order valence-corrected chi connectivity index (χ4v) is 5.10. The molecule has 1 saturated carbocycles. The lowest BCUT2D eigenvalue weighted by atomic mass is 9.86. The molecule has 0 aromatic carbocycles. The van der Waals surface area contributed by atoms with Crippen molar-refractivity contribution in [3.63, 3.8) is 0 Å². The monoisotopic (exact) mass is 413 g/mol. The van der Waals surface area contributed by atoms with Gasteiger partial charge in [0, 0.05) is 38.5 Å².